The molecular weight excluding hydrogens is 280 g/mol. The Balaban J connectivity index is 0.00000361. The van der Waals surface area contributed by atoms with E-state index in [0.29, 0.717) is 19.4 Å². The minimum Gasteiger partial charge on any atom is -0.466 e. The van der Waals surface area contributed by atoms with Gasteiger partial charge in [0.15, 0.2) is 0 Å². The summed E-state index contributed by atoms with van der Waals surface area (Å²) in [5, 5.41) is 6.18. The standard InChI is InChI=1S/C14H26N2O3.ClH/c1-4-19-13(18)10-14(5-7-15-8-6-14)9-12(17)16-11(2)3;/h11,15H,4-10H2,1-3H3,(H,16,17);1H. The highest BCUT2D eigenvalue weighted by Crippen LogP contribution is 2.36. The van der Waals surface area contributed by atoms with Crippen molar-refractivity contribution in [1.29, 1.82) is 0 Å². The van der Waals surface area contributed by atoms with Crippen LogP contribution in [-0.4, -0.2) is 37.6 Å². The van der Waals surface area contributed by atoms with Gasteiger partial charge < -0.3 is 15.4 Å². The van der Waals surface area contributed by atoms with Gasteiger partial charge in [-0.1, -0.05) is 0 Å². The van der Waals surface area contributed by atoms with Gasteiger partial charge >= 0.3 is 5.97 Å². The van der Waals surface area contributed by atoms with E-state index in [-0.39, 0.29) is 35.7 Å². The second-order valence-corrected chi connectivity index (χ2v) is 5.63. The van der Waals surface area contributed by atoms with Crippen molar-refractivity contribution in [2.24, 2.45) is 5.41 Å². The van der Waals surface area contributed by atoms with Gasteiger partial charge in [-0.05, 0) is 52.1 Å². The summed E-state index contributed by atoms with van der Waals surface area (Å²) in [5.41, 5.74) is -0.240. The molecule has 0 saturated carbocycles. The molecule has 1 amide bonds. The predicted octanol–water partition coefficient (Wildman–Crippen LogP) is 1.65. The molecule has 0 unspecified atom stereocenters. The zero-order valence-electron chi connectivity index (χ0n) is 12.7. The third-order valence-corrected chi connectivity index (χ3v) is 3.47. The van der Waals surface area contributed by atoms with E-state index in [4.69, 9.17) is 4.74 Å². The number of carbonyl (C=O) groups is 2. The average Bonchev–Trinajstić information content (AvgIpc) is 2.28. The van der Waals surface area contributed by atoms with E-state index in [9.17, 15) is 9.59 Å². The molecule has 0 spiro atoms. The molecule has 0 aliphatic carbocycles. The van der Waals surface area contributed by atoms with Crippen LogP contribution in [0.5, 0.6) is 0 Å². The Morgan fingerprint density at radius 3 is 2.35 bits per heavy atom. The second kappa shape index (κ2) is 9.19. The fourth-order valence-corrected chi connectivity index (χ4v) is 2.60. The quantitative estimate of drug-likeness (QED) is 0.732. The Kier molecular flexibility index (Phi) is 8.81. The summed E-state index contributed by atoms with van der Waals surface area (Å²) in [5.74, 6) is -0.164. The van der Waals surface area contributed by atoms with E-state index in [1.165, 1.54) is 0 Å². The average molecular weight is 307 g/mol. The monoisotopic (exact) mass is 306 g/mol. The van der Waals surface area contributed by atoms with Crippen LogP contribution in [0.1, 0.15) is 46.5 Å². The maximum atomic E-state index is 12.0. The molecule has 0 aromatic heterocycles. The van der Waals surface area contributed by atoms with Crippen molar-refractivity contribution in [1.82, 2.24) is 10.6 Å². The van der Waals surface area contributed by atoms with Gasteiger partial charge in [0.2, 0.25) is 5.91 Å². The van der Waals surface area contributed by atoms with Gasteiger partial charge in [-0.25, -0.2) is 0 Å². The van der Waals surface area contributed by atoms with Crippen LogP contribution >= 0.6 is 12.4 Å². The van der Waals surface area contributed by atoms with Gasteiger partial charge in [0.05, 0.1) is 13.0 Å². The molecule has 1 saturated heterocycles. The zero-order chi connectivity index (χ0) is 14.3. The Hall–Kier alpha value is -0.810. The minimum absolute atomic E-state index is 0. The number of hydrogen-bond donors (Lipinski definition) is 2. The van der Waals surface area contributed by atoms with Crippen molar-refractivity contribution in [3.63, 3.8) is 0 Å². The van der Waals surface area contributed by atoms with Crippen LogP contribution in [0.25, 0.3) is 0 Å². The molecular formula is C14H27ClN2O3. The Morgan fingerprint density at radius 2 is 1.85 bits per heavy atom. The normalized spacial score (nSPS) is 17.2. The van der Waals surface area contributed by atoms with Crippen LogP contribution in [0, 0.1) is 5.41 Å². The minimum atomic E-state index is -0.240. The molecule has 0 aromatic carbocycles. The SMILES string of the molecule is CCOC(=O)CC1(CC(=O)NC(C)C)CCNCC1.Cl. The highest BCUT2D eigenvalue weighted by Gasteiger charge is 2.37. The molecule has 1 aliphatic heterocycles. The molecule has 1 fully saturated rings. The molecule has 1 aliphatic rings. The first-order valence-electron chi connectivity index (χ1n) is 7.13. The summed E-state index contributed by atoms with van der Waals surface area (Å²) in [6.07, 6.45) is 2.44. The number of hydrogen-bond acceptors (Lipinski definition) is 4. The van der Waals surface area contributed by atoms with Crippen molar-refractivity contribution in [3.05, 3.63) is 0 Å². The van der Waals surface area contributed by atoms with E-state index in [1.54, 1.807) is 6.92 Å². The van der Waals surface area contributed by atoms with Crippen LogP contribution in [-0.2, 0) is 14.3 Å². The molecule has 1 rings (SSSR count). The lowest BCUT2D eigenvalue weighted by Crippen LogP contribution is -2.43. The molecule has 1 heterocycles. The molecule has 0 aromatic rings. The highest BCUT2D eigenvalue weighted by molar-refractivity contribution is 5.85. The summed E-state index contributed by atoms with van der Waals surface area (Å²) < 4.78 is 5.04. The molecule has 118 valence electrons. The molecule has 5 nitrogen and oxygen atoms in total. The van der Waals surface area contributed by atoms with Crippen molar-refractivity contribution >= 4 is 24.3 Å². The zero-order valence-corrected chi connectivity index (χ0v) is 13.5. The van der Waals surface area contributed by atoms with E-state index < -0.39 is 0 Å². The van der Waals surface area contributed by atoms with Crippen LogP contribution < -0.4 is 10.6 Å². The smallest absolute Gasteiger partial charge is 0.306 e. The number of rotatable bonds is 6. The third kappa shape index (κ3) is 6.57. The number of halogens is 1. The molecule has 6 heteroatoms. The lowest BCUT2D eigenvalue weighted by Gasteiger charge is -2.36. The van der Waals surface area contributed by atoms with Crippen molar-refractivity contribution in [2.75, 3.05) is 19.7 Å². The first-order chi connectivity index (χ1) is 8.97. The fourth-order valence-electron chi connectivity index (χ4n) is 2.60. The van der Waals surface area contributed by atoms with E-state index in [0.717, 1.165) is 25.9 Å². The van der Waals surface area contributed by atoms with Gasteiger partial charge in [-0.3, -0.25) is 9.59 Å². The number of nitrogens with one attached hydrogen (secondary N) is 2. The molecule has 0 bridgehead atoms. The van der Waals surface area contributed by atoms with Gasteiger partial charge in [-0.15, -0.1) is 12.4 Å². The number of amides is 1. The topological polar surface area (TPSA) is 67.4 Å². The van der Waals surface area contributed by atoms with Crippen molar-refractivity contribution in [3.8, 4) is 0 Å². The first kappa shape index (κ1) is 19.2. The molecule has 0 atom stereocenters. The molecule has 20 heavy (non-hydrogen) atoms. The lowest BCUT2D eigenvalue weighted by atomic mass is 9.73. The Bertz CT molecular complexity index is 316. The van der Waals surface area contributed by atoms with Crippen LogP contribution in [0.4, 0.5) is 0 Å². The van der Waals surface area contributed by atoms with Gasteiger partial charge in [0, 0.05) is 12.5 Å². The van der Waals surface area contributed by atoms with E-state index in [2.05, 4.69) is 10.6 Å². The Labute approximate surface area is 127 Å². The molecule has 0 radical (unpaired) electrons. The summed E-state index contributed by atoms with van der Waals surface area (Å²) in [7, 11) is 0. The first-order valence-corrected chi connectivity index (χ1v) is 7.13. The summed E-state index contributed by atoms with van der Waals surface area (Å²) in [6, 6.07) is 0.133. The van der Waals surface area contributed by atoms with Crippen molar-refractivity contribution in [2.45, 2.75) is 52.5 Å². The van der Waals surface area contributed by atoms with Gasteiger partial charge in [0.1, 0.15) is 0 Å². The van der Waals surface area contributed by atoms with Gasteiger partial charge in [0.25, 0.3) is 0 Å². The van der Waals surface area contributed by atoms with Crippen LogP contribution in [0.2, 0.25) is 0 Å². The highest BCUT2D eigenvalue weighted by atomic mass is 35.5. The Morgan fingerprint density at radius 1 is 1.25 bits per heavy atom. The van der Waals surface area contributed by atoms with Crippen LogP contribution in [0.3, 0.4) is 0 Å². The fraction of sp³-hybridized carbons (Fsp3) is 0.857. The number of piperidine rings is 1. The van der Waals surface area contributed by atoms with Gasteiger partial charge in [-0.2, -0.15) is 0 Å². The summed E-state index contributed by atoms with van der Waals surface area (Å²) in [6.45, 7) is 7.79. The maximum absolute atomic E-state index is 12.0. The predicted molar refractivity (Wildman–Crippen MR) is 80.9 cm³/mol. The second-order valence-electron chi connectivity index (χ2n) is 5.63. The van der Waals surface area contributed by atoms with Crippen molar-refractivity contribution < 1.29 is 14.3 Å². The number of carbonyl (C=O) groups excluding carboxylic acids is 2. The summed E-state index contributed by atoms with van der Waals surface area (Å²) in [4.78, 5) is 23.7. The maximum Gasteiger partial charge on any atom is 0.306 e. The third-order valence-electron chi connectivity index (χ3n) is 3.47. The van der Waals surface area contributed by atoms with E-state index >= 15 is 0 Å². The number of ether oxygens (including phenoxy) is 1. The number of esters is 1. The van der Waals surface area contributed by atoms with Crippen LogP contribution in [0.15, 0.2) is 0 Å². The lowest BCUT2D eigenvalue weighted by molar-refractivity contribution is -0.147. The largest absolute Gasteiger partial charge is 0.466 e. The van der Waals surface area contributed by atoms with E-state index in [1.807, 2.05) is 13.8 Å². The summed E-state index contributed by atoms with van der Waals surface area (Å²) >= 11 is 0. The molecule has 2 N–H and O–H groups in total.